The molecule has 204 valence electrons. The summed E-state index contributed by atoms with van der Waals surface area (Å²) in [6, 6.07) is 7.56. The highest BCUT2D eigenvalue weighted by molar-refractivity contribution is 7.92. The van der Waals surface area contributed by atoms with E-state index in [9.17, 15) is 12.8 Å². The Morgan fingerprint density at radius 3 is 2.59 bits per heavy atom. The summed E-state index contributed by atoms with van der Waals surface area (Å²) in [6.07, 6.45) is 2.46. The van der Waals surface area contributed by atoms with Gasteiger partial charge in [-0.05, 0) is 44.2 Å². The summed E-state index contributed by atoms with van der Waals surface area (Å²) >= 11 is 5.92. The molecule has 0 spiro atoms. The number of nitrogens with zero attached hydrogens (tertiary/aromatic N) is 5. The number of hydrogen-bond acceptors (Lipinski definition) is 7. The minimum Gasteiger partial charge on any atom is -0.340 e. The third kappa shape index (κ3) is 7.34. The number of halogens is 2. The second-order valence-electron chi connectivity index (χ2n) is 9.78. The van der Waals surface area contributed by atoms with Gasteiger partial charge in [-0.1, -0.05) is 23.4 Å². The Hall–Kier alpha value is -3.48. The van der Waals surface area contributed by atoms with Crippen LogP contribution < -0.4 is 10.0 Å². The summed E-state index contributed by atoms with van der Waals surface area (Å²) in [5, 5.41) is 3.60. The standard InChI is InChI=1S/C27H29ClFN7O2S/c1-27(2,36-13-11-35(12-14-36)10-9-30-3)8-7-19-15-25-21(17-24(19)34-39(4,37)38)26(32-18-31-25)33-20-5-6-23(29)22(28)16-20/h5-6,15-18,34H,9-14H2,1-2,4H3,(H,31,32,33). The minimum absolute atomic E-state index is 0.0391. The van der Waals surface area contributed by atoms with Gasteiger partial charge in [0.25, 0.3) is 0 Å². The van der Waals surface area contributed by atoms with Crippen LogP contribution in [0.2, 0.25) is 5.02 Å². The number of anilines is 3. The normalized spacial score (nSPS) is 14.9. The summed E-state index contributed by atoms with van der Waals surface area (Å²) in [5.74, 6) is 6.37. The van der Waals surface area contributed by atoms with Crippen molar-refractivity contribution in [2.45, 2.75) is 19.4 Å². The molecule has 2 heterocycles. The monoisotopic (exact) mass is 569 g/mol. The fourth-order valence-electron chi connectivity index (χ4n) is 4.32. The van der Waals surface area contributed by atoms with Crippen molar-refractivity contribution in [3.63, 3.8) is 0 Å². The zero-order chi connectivity index (χ0) is 28.2. The van der Waals surface area contributed by atoms with Gasteiger partial charge >= 0.3 is 0 Å². The van der Waals surface area contributed by atoms with Gasteiger partial charge in [-0.3, -0.25) is 14.5 Å². The summed E-state index contributed by atoms with van der Waals surface area (Å²) in [4.78, 5) is 16.7. The SMILES string of the molecule is [C-]#[N+]CCN1CCN(C(C)(C)C#Cc2cc3ncnc(Nc4ccc(F)c(Cl)c4)c3cc2NS(C)(=O)=O)CC1. The van der Waals surface area contributed by atoms with E-state index in [0.717, 1.165) is 39.0 Å². The van der Waals surface area contributed by atoms with E-state index < -0.39 is 21.4 Å². The predicted molar refractivity (Wildman–Crippen MR) is 153 cm³/mol. The maximum Gasteiger partial charge on any atom is 0.229 e. The molecule has 1 saturated heterocycles. The van der Waals surface area contributed by atoms with Crippen molar-refractivity contribution in [3.05, 3.63) is 64.5 Å². The van der Waals surface area contributed by atoms with Crippen LogP contribution in [0.4, 0.5) is 21.6 Å². The first-order valence-electron chi connectivity index (χ1n) is 12.3. The first kappa shape index (κ1) is 28.5. The molecule has 0 atom stereocenters. The number of hydrogen-bond donors (Lipinski definition) is 2. The highest BCUT2D eigenvalue weighted by Crippen LogP contribution is 2.30. The molecule has 1 aromatic heterocycles. The molecule has 1 aliphatic rings. The Kier molecular flexibility index (Phi) is 8.57. The van der Waals surface area contributed by atoms with Crippen molar-refractivity contribution in [1.29, 1.82) is 0 Å². The number of nitrogens with one attached hydrogen (secondary N) is 2. The van der Waals surface area contributed by atoms with Crippen LogP contribution in [-0.2, 0) is 10.0 Å². The van der Waals surface area contributed by atoms with Crippen molar-refractivity contribution >= 4 is 49.7 Å². The van der Waals surface area contributed by atoms with E-state index in [1.54, 1.807) is 12.1 Å². The van der Waals surface area contributed by atoms with E-state index in [0.29, 0.717) is 40.2 Å². The molecule has 1 aliphatic heterocycles. The fraction of sp³-hybridized carbons (Fsp3) is 0.370. The summed E-state index contributed by atoms with van der Waals surface area (Å²) in [6.45, 7) is 15.7. The Bertz CT molecular complexity index is 1590. The summed E-state index contributed by atoms with van der Waals surface area (Å²) < 4.78 is 40.6. The topological polar surface area (TPSA) is 94.8 Å². The van der Waals surface area contributed by atoms with Gasteiger partial charge < -0.3 is 10.2 Å². The molecule has 0 unspecified atom stereocenters. The van der Waals surface area contributed by atoms with Gasteiger partial charge in [0.1, 0.15) is 18.0 Å². The Balaban J connectivity index is 1.66. The molecule has 2 aromatic carbocycles. The molecule has 0 radical (unpaired) electrons. The fourth-order valence-corrected chi connectivity index (χ4v) is 5.07. The first-order chi connectivity index (χ1) is 18.4. The van der Waals surface area contributed by atoms with Crippen molar-refractivity contribution in [2.75, 3.05) is 55.6 Å². The lowest BCUT2D eigenvalue weighted by Gasteiger charge is -2.41. The molecule has 0 bridgehead atoms. The van der Waals surface area contributed by atoms with E-state index in [4.69, 9.17) is 18.2 Å². The second-order valence-corrected chi connectivity index (χ2v) is 11.9. The molecule has 0 amide bonds. The Labute approximate surface area is 233 Å². The lowest BCUT2D eigenvalue weighted by atomic mass is 10.0. The average molecular weight is 570 g/mol. The van der Waals surface area contributed by atoms with Gasteiger partial charge in [-0.25, -0.2) is 29.3 Å². The molecule has 1 fully saturated rings. The van der Waals surface area contributed by atoms with E-state index in [1.807, 2.05) is 13.8 Å². The van der Waals surface area contributed by atoms with Gasteiger partial charge in [0, 0.05) is 37.3 Å². The number of fused-ring (bicyclic) bond motifs is 1. The first-order valence-corrected chi connectivity index (χ1v) is 14.5. The number of benzene rings is 2. The second kappa shape index (κ2) is 11.7. The Morgan fingerprint density at radius 2 is 1.92 bits per heavy atom. The van der Waals surface area contributed by atoms with Crippen LogP contribution in [0.15, 0.2) is 36.7 Å². The van der Waals surface area contributed by atoms with E-state index in [1.165, 1.54) is 24.5 Å². The van der Waals surface area contributed by atoms with Crippen LogP contribution in [0.25, 0.3) is 15.7 Å². The molecular weight excluding hydrogens is 541 g/mol. The van der Waals surface area contributed by atoms with Crippen LogP contribution in [0.1, 0.15) is 19.4 Å². The molecule has 9 nitrogen and oxygen atoms in total. The van der Waals surface area contributed by atoms with Gasteiger partial charge in [0.05, 0.1) is 40.1 Å². The smallest absolute Gasteiger partial charge is 0.229 e. The van der Waals surface area contributed by atoms with Crippen molar-refractivity contribution < 1.29 is 12.8 Å². The summed E-state index contributed by atoms with van der Waals surface area (Å²) in [7, 11) is -3.61. The molecule has 0 aliphatic carbocycles. The molecule has 12 heteroatoms. The molecule has 4 rings (SSSR count). The third-order valence-corrected chi connectivity index (χ3v) is 7.33. The number of rotatable bonds is 7. The Morgan fingerprint density at radius 1 is 1.18 bits per heavy atom. The van der Waals surface area contributed by atoms with Crippen LogP contribution >= 0.6 is 11.6 Å². The van der Waals surface area contributed by atoms with E-state index in [2.05, 4.69) is 46.5 Å². The third-order valence-electron chi connectivity index (χ3n) is 6.45. The maximum atomic E-state index is 13.6. The van der Waals surface area contributed by atoms with Gasteiger partial charge in [-0.15, -0.1) is 0 Å². The van der Waals surface area contributed by atoms with Crippen molar-refractivity contribution in [3.8, 4) is 11.8 Å². The average Bonchev–Trinajstić information content (AvgIpc) is 2.88. The summed E-state index contributed by atoms with van der Waals surface area (Å²) in [5.41, 5.74) is 1.37. The maximum absolute atomic E-state index is 13.6. The highest BCUT2D eigenvalue weighted by atomic mass is 35.5. The van der Waals surface area contributed by atoms with Gasteiger partial charge in [-0.2, -0.15) is 0 Å². The van der Waals surface area contributed by atoms with E-state index in [-0.39, 0.29) is 5.02 Å². The highest BCUT2D eigenvalue weighted by Gasteiger charge is 2.28. The van der Waals surface area contributed by atoms with Crippen molar-refractivity contribution in [2.24, 2.45) is 0 Å². The van der Waals surface area contributed by atoms with E-state index >= 15 is 0 Å². The molecule has 3 aromatic rings. The molecule has 39 heavy (non-hydrogen) atoms. The minimum atomic E-state index is -3.61. The zero-order valence-corrected chi connectivity index (χ0v) is 23.5. The number of piperazine rings is 1. The zero-order valence-electron chi connectivity index (χ0n) is 21.9. The number of sulfonamides is 1. The van der Waals surface area contributed by atoms with Crippen LogP contribution in [0, 0.1) is 24.2 Å². The lowest BCUT2D eigenvalue weighted by molar-refractivity contribution is 0.0837. The predicted octanol–water partition coefficient (Wildman–Crippen LogP) is 4.20. The van der Waals surface area contributed by atoms with Crippen LogP contribution in [0.3, 0.4) is 0 Å². The van der Waals surface area contributed by atoms with Crippen molar-refractivity contribution in [1.82, 2.24) is 19.8 Å². The van der Waals surface area contributed by atoms with Gasteiger partial charge in [0.2, 0.25) is 16.6 Å². The van der Waals surface area contributed by atoms with Crippen LogP contribution in [-0.4, -0.2) is 79.2 Å². The van der Waals surface area contributed by atoms with Gasteiger partial charge in [0.15, 0.2) is 0 Å². The number of aromatic nitrogens is 2. The molecule has 2 N–H and O–H groups in total. The molecular formula is C27H29ClFN7O2S. The quantitative estimate of drug-likeness (QED) is 0.325. The molecule has 0 saturated carbocycles. The van der Waals surface area contributed by atoms with Crippen LogP contribution in [0.5, 0.6) is 0 Å². The lowest BCUT2D eigenvalue weighted by Crippen LogP contribution is -2.54. The largest absolute Gasteiger partial charge is 0.340 e.